The van der Waals surface area contributed by atoms with Crippen LogP contribution in [0.4, 0.5) is 0 Å². The zero-order chi connectivity index (χ0) is 40.7. The fourth-order valence-electron chi connectivity index (χ4n) is 5.58. The molecule has 2 atom stereocenters. The van der Waals surface area contributed by atoms with E-state index in [2.05, 4.69) is 62.5 Å². The van der Waals surface area contributed by atoms with Crippen LogP contribution in [0.2, 0.25) is 0 Å². The SMILES string of the molecule is CCCC/C=C\C/C=C\CCCCCCCC(=O)O[C@H](COC(=O)CCCCCCCCC/C=C\C/C=C\CCCCC)COP(=O)([O-])OCC[N+](C)(C)C. The number of esters is 2. The number of carbonyl (C=O) groups excluding carboxylic acids is 2. The summed E-state index contributed by atoms with van der Waals surface area (Å²) in [5.41, 5.74) is 0. The van der Waals surface area contributed by atoms with E-state index in [0.717, 1.165) is 83.5 Å². The van der Waals surface area contributed by atoms with Gasteiger partial charge in [0.1, 0.15) is 19.8 Å². The molecule has 320 valence electrons. The van der Waals surface area contributed by atoms with Gasteiger partial charge in [-0.25, -0.2) is 0 Å². The summed E-state index contributed by atoms with van der Waals surface area (Å²) in [5.74, 6) is -0.862. The molecule has 0 saturated carbocycles. The predicted molar refractivity (Wildman–Crippen MR) is 227 cm³/mol. The Morgan fingerprint density at radius 1 is 0.564 bits per heavy atom. The van der Waals surface area contributed by atoms with Crippen LogP contribution in [0.3, 0.4) is 0 Å². The van der Waals surface area contributed by atoms with E-state index < -0.39 is 32.5 Å². The van der Waals surface area contributed by atoms with Gasteiger partial charge < -0.3 is 27.9 Å². The van der Waals surface area contributed by atoms with Crippen LogP contribution < -0.4 is 4.89 Å². The summed E-state index contributed by atoms with van der Waals surface area (Å²) in [5, 5.41) is 0. The number of unbranched alkanes of at least 4 members (excludes halogenated alkanes) is 17. The summed E-state index contributed by atoms with van der Waals surface area (Å²) in [6.07, 6.45) is 42.7. The Hall–Kier alpha value is -2.03. The van der Waals surface area contributed by atoms with Crippen LogP contribution in [0.25, 0.3) is 0 Å². The lowest BCUT2D eigenvalue weighted by atomic mass is 10.1. The van der Waals surface area contributed by atoms with Crippen molar-refractivity contribution in [2.24, 2.45) is 0 Å². The maximum atomic E-state index is 12.7. The topological polar surface area (TPSA) is 111 Å². The molecule has 0 aromatic rings. The Balaban J connectivity index is 4.39. The molecule has 0 N–H and O–H groups in total. The highest BCUT2D eigenvalue weighted by molar-refractivity contribution is 7.45. The molecule has 0 saturated heterocycles. The lowest BCUT2D eigenvalue weighted by Gasteiger charge is -2.28. The number of phosphoric ester groups is 1. The molecule has 0 spiro atoms. The molecular formula is C45H82NO8P. The standard InChI is InChI=1S/C45H82NO8P/c1-6-8-10-12-14-16-18-20-22-23-24-26-27-29-31-33-35-37-44(47)51-41-43(42-53-55(49,50)52-40-39-46(3,4)5)54-45(48)38-36-34-32-30-28-25-21-19-17-15-13-11-9-7-2/h13-16,19-22,43H,6-12,17-18,23-42H2,1-5H3/b15-13-,16-14-,21-19-,22-20-/t43-/m1/s1. The molecule has 55 heavy (non-hydrogen) atoms. The molecule has 9 nitrogen and oxygen atoms in total. The highest BCUT2D eigenvalue weighted by Crippen LogP contribution is 2.38. The first-order valence-electron chi connectivity index (χ1n) is 21.8. The van der Waals surface area contributed by atoms with Crippen LogP contribution in [-0.4, -0.2) is 70.0 Å². The fraction of sp³-hybridized carbons (Fsp3) is 0.778. The smallest absolute Gasteiger partial charge is 0.306 e. The highest BCUT2D eigenvalue weighted by atomic mass is 31.2. The molecule has 10 heteroatoms. The Labute approximate surface area is 337 Å². The van der Waals surface area contributed by atoms with Crippen LogP contribution in [0.5, 0.6) is 0 Å². The summed E-state index contributed by atoms with van der Waals surface area (Å²) in [6, 6.07) is 0. The lowest BCUT2D eigenvalue weighted by Crippen LogP contribution is -2.37. The van der Waals surface area contributed by atoms with Gasteiger partial charge in [-0.1, -0.05) is 140 Å². The molecule has 0 aliphatic carbocycles. The van der Waals surface area contributed by atoms with Gasteiger partial charge >= 0.3 is 11.9 Å². The third kappa shape index (κ3) is 41.4. The molecule has 0 aliphatic heterocycles. The van der Waals surface area contributed by atoms with Gasteiger partial charge in [0.2, 0.25) is 0 Å². The third-order valence-electron chi connectivity index (χ3n) is 9.07. The van der Waals surface area contributed by atoms with Crippen molar-refractivity contribution in [3.8, 4) is 0 Å². The molecule has 0 fully saturated rings. The number of rotatable bonds is 39. The molecule has 0 aromatic carbocycles. The minimum absolute atomic E-state index is 0.0365. The van der Waals surface area contributed by atoms with Crippen molar-refractivity contribution in [2.45, 2.75) is 180 Å². The third-order valence-corrected chi connectivity index (χ3v) is 10.0. The Kier molecular flexibility index (Phi) is 36.2. The van der Waals surface area contributed by atoms with Gasteiger partial charge in [0, 0.05) is 12.8 Å². The molecule has 0 aromatic heterocycles. The number of hydrogen-bond donors (Lipinski definition) is 0. The summed E-state index contributed by atoms with van der Waals surface area (Å²) in [4.78, 5) is 37.5. The van der Waals surface area contributed by atoms with Crippen molar-refractivity contribution in [3.63, 3.8) is 0 Å². The summed E-state index contributed by atoms with van der Waals surface area (Å²) >= 11 is 0. The number of phosphoric acid groups is 1. The van der Waals surface area contributed by atoms with E-state index in [1.807, 2.05) is 21.1 Å². The van der Waals surface area contributed by atoms with Gasteiger partial charge in [-0.3, -0.25) is 14.2 Å². The molecule has 1 unspecified atom stereocenters. The second-order valence-corrected chi connectivity index (χ2v) is 17.1. The first-order chi connectivity index (χ1) is 26.5. The lowest BCUT2D eigenvalue weighted by molar-refractivity contribution is -0.870. The highest BCUT2D eigenvalue weighted by Gasteiger charge is 2.21. The number of likely N-dealkylation sites (N-methyl/N-ethyl adjacent to an activating group) is 1. The van der Waals surface area contributed by atoms with Crippen molar-refractivity contribution < 1.29 is 42.1 Å². The van der Waals surface area contributed by atoms with Gasteiger partial charge in [-0.2, -0.15) is 0 Å². The van der Waals surface area contributed by atoms with Gasteiger partial charge in [0.25, 0.3) is 7.82 Å². The Bertz CT molecular complexity index is 1080. The number of carbonyl (C=O) groups is 2. The quantitative estimate of drug-likeness (QED) is 0.0199. The van der Waals surface area contributed by atoms with Crippen molar-refractivity contribution in [1.29, 1.82) is 0 Å². The van der Waals surface area contributed by atoms with Gasteiger partial charge in [0.05, 0.1) is 27.7 Å². The van der Waals surface area contributed by atoms with E-state index in [4.69, 9.17) is 18.5 Å². The monoisotopic (exact) mass is 796 g/mol. The summed E-state index contributed by atoms with van der Waals surface area (Å²) in [7, 11) is 1.14. The van der Waals surface area contributed by atoms with Crippen LogP contribution in [0.15, 0.2) is 48.6 Å². The second kappa shape index (κ2) is 37.5. The number of ether oxygens (including phenoxy) is 2. The molecule has 0 radical (unpaired) electrons. The van der Waals surface area contributed by atoms with Crippen LogP contribution in [0, 0.1) is 0 Å². The van der Waals surface area contributed by atoms with Gasteiger partial charge in [0.15, 0.2) is 6.10 Å². The van der Waals surface area contributed by atoms with E-state index in [1.165, 1.54) is 57.8 Å². The van der Waals surface area contributed by atoms with Crippen molar-refractivity contribution in [3.05, 3.63) is 48.6 Å². The van der Waals surface area contributed by atoms with Crippen LogP contribution >= 0.6 is 7.82 Å². The van der Waals surface area contributed by atoms with E-state index in [-0.39, 0.29) is 26.1 Å². The molecule has 0 heterocycles. The fourth-order valence-corrected chi connectivity index (χ4v) is 6.31. The maximum Gasteiger partial charge on any atom is 0.306 e. The number of hydrogen-bond acceptors (Lipinski definition) is 8. The van der Waals surface area contributed by atoms with Crippen molar-refractivity contribution in [2.75, 3.05) is 47.5 Å². The Morgan fingerprint density at radius 2 is 1.00 bits per heavy atom. The first kappa shape index (κ1) is 53.0. The minimum atomic E-state index is -4.63. The normalized spacial score (nSPS) is 14.1. The summed E-state index contributed by atoms with van der Waals surface area (Å²) in [6.45, 7) is 4.13. The molecule has 0 rings (SSSR count). The minimum Gasteiger partial charge on any atom is -0.756 e. The van der Waals surface area contributed by atoms with Crippen LogP contribution in [-0.2, 0) is 32.7 Å². The van der Waals surface area contributed by atoms with E-state index in [1.54, 1.807) is 0 Å². The average molecular weight is 796 g/mol. The zero-order valence-corrected chi connectivity index (χ0v) is 36.8. The first-order valence-corrected chi connectivity index (χ1v) is 23.3. The zero-order valence-electron chi connectivity index (χ0n) is 35.9. The largest absolute Gasteiger partial charge is 0.756 e. The summed E-state index contributed by atoms with van der Waals surface area (Å²) < 4.78 is 33.9. The van der Waals surface area contributed by atoms with E-state index in [0.29, 0.717) is 17.4 Å². The molecular weight excluding hydrogens is 713 g/mol. The molecule has 0 amide bonds. The van der Waals surface area contributed by atoms with E-state index >= 15 is 0 Å². The number of nitrogens with zero attached hydrogens (tertiary/aromatic N) is 1. The van der Waals surface area contributed by atoms with Gasteiger partial charge in [-0.15, -0.1) is 0 Å². The van der Waals surface area contributed by atoms with Crippen LogP contribution in [0.1, 0.15) is 174 Å². The maximum absolute atomic E-state index is 12.7. The Morgan fingerprint density at radius 3 is 1.49 bits per heavy atom. The number of allylic oxidation sites excluding steroid dienone is 8. The predicted octanol–water partition coefficient (Wildman–Crippen LogP) is 11.7. The average Bonchev–Trinajstić information content (AvgIpc) is 3.13. The molecule has 0 bridgehead atoms. The van der Waals surface area contributed by atoms with Gasteiger partial charge in [-0.05, 0) is 70.6 Å². The second-order valence-electron chi connectivity index (χ2n) is 15.7. The van der Waals surface area contributed by atoms with E-state index in [9.17, 15) is 19.0 Å². The number of quaternary nitrogens is 1. The van der Waals surface area contributed by atoms with Crippen molar-refractivity contribution >= 4 is 19.8 Å². The molecule has 0 aliphatic rings. The van der Waals surface area contributed by atoms with Crippen molar-refractivity contribution in [1.82, 2.24) is 0 Å².